The van der Waals surface area contributed by atoms with Crippen LogP contribution in [0.3, 0.4) is 0 Å². The summed E-state index contributed by atoms with van der Waals surface area (Å²) >= 11 is 0. The van der Waals surface area contributed by atoms with Crippen LogP contribution in [0.4, 0.5) is 4.79 Å². The van der Waals surface area contributed by atoms with Crippen LogP contribution in [0.15, 0.2) is 30.3 Å². The van der Waals surface area contributed by atoms with Gasteiger partial charge in [0.05, 0.1) is 5.60 Å². The molecular weight excluding hydrogens is 228 g/mol. The first-order valence-corrected chi connectivity index (χ1v) is 6.36. The van der Waals surface area contributed by atoms with Gasteiger partial charge in [-0.25, -0.2) is 4.79 Å². The smallest absolute Gasteiger partial charge is 0.317 e. The first-order chi connectivity index (χ1) is 8.57. The molecule has 18 heavy (non-hydrogen) atoms. The van der Waals surface area contributed by atoms with Crippen molar-refractivity contribution in [2.75, 3.05) is 13.1 Å². The van der Waals surface area contributed by atoms with E-state index in [1.807, 2.05) is 37.3 Å². The van der Waals surface area contributed by atoms with Crippen molar-refractivity contribution < 1.29 is 9.90 Å². The number of rotatable bonds is 2. The fourth-order valence-electron chi connectivity index (χ4n) is 2.08. The topological polar surface area (TPSA) is 52.6 Å². The molecule has 0 spiro atoms. The molecule has 0 aromatic heterocycles. The van der Waals surface area contributed by atoms with E-state index < -0.39 is 5.60 Å². The van der Waals surface area contributed by atoms with E-state index in [0.29, 0.717) is 32.5 Å². The molecule has 2 N–H and O–H groups in total. The Morgan fingerprint density at radius 2 is 1.94 bits per heavy atom. The highest BCUT2D eigenvalue weighted by atomic mass is 16.3. The second-order valence-electron chi connectivity index (χ2n) is 5.13. The van der Waals surface area contributed by atoms with Gasteiger partial charge < -0.3 is 15.3 Å². The van der Waals surface area contributed by atoms with Gasteiger partial charge >= 0.3 is 6.03 Å². The molecular formula is C14H20N2O2. The third kappa shape index (κ3) is 3.47. The van der Waals surface area contributed by atoms with Crippen LogP contribution in [0.25, 0.3) is 0 Å². The number of carbonyl (C=O) groups is 1. The SMILES string of the molecule is CC1(O)CCN(C(=O)NCc2ccccc2)CC1. The minimum atomic E-state index is -0.615. The molecule has 0 unspecified atom stereocenters. The van der Waals surface area contributed by atoms with E-state index in [1.165, 1.54) is 0 Å². The predicted molar refractivity (Wildman–Crippen MR) is 70.1 cm³/mol. The van der Waals surface area contributed by atoms with Gasteiger partial charge in [0.1, 0.15) is 0 Å². The van der Waals surface area contributed by atoms with Crippen molar-refractivity contribution in [1.82, 2.24) is 10.2 Å². The maximum absolute atomic E-state index is 11.9. The molecule has 1 aliphatic rings. The molecule has 0 radical (unpaired) electrons. The van der Waals surface area contributed by atoms with Crippen LogP contribution in [0.5, 0.6) is 0 Å². The molecule has 1 heterocycles. The summed E-state index contributed by atoms with van der Waals surface area (Å²) in [5.74, 6) is 0. The van der Waals surface area contributed by atoms with Gasteiger partial charge in [-0.3, -0.25) is 0 Å². The van der Waals surface area contributed by atoms with Gasteiger partial charge in [0.15, 0.2) is 0 Å². The molecule has 0 atom stereocenters. The summed E-state index contributed by atoms with van der Waals surface area (Å²) in [5, 5.41) is 12.7. The highest BCUT2D eigenvalue weighted by molar-refractivity contribution is 5.74. The zero-order valence-corrected chi connectivity index (χ0v) is 10.7. The fraction of sp³-hybridized carbons (Fsp3) is 0.500. The number of nitrogens with zero attached hydrogens (tertiary/aromatic N) is 1. The molecule has 4 heteroatoms. The first-order valence-electron chi connectivity index (χ1n) is 6.36. The summed E-state index contributed by atoms with van der Waals surface area (Å²) in [4.78, 5) is 13.7. The molecule has 1 aromatic rings. The molecule has 1 aliphatic heterocycles. The third-order valence-corrected chi connectivity index (χ3v) is 3.41. The molecule has 0 aliphatic carbocycles. The largest absolute Gasteiger partial charge is 0.390 e. The minimum absolute atomic E-state index is 0.0469. The number of amides is 2. The Morgan fingerprint density at radius 1 is 1.33 bits per heavy atom. The van der Waals surface area contributed by atoms with Gasteiger partial charge in [-0.05, 0) is 25.3 Å². The monoisotopic (exact) mass is 248 g/mol. The number of urea groups is 1. The van der Waals surface area contributed by atoms with E-state index >= 15 is 0 Å². The van der Waals surface area contributed by atoms with Gasteiger partial charge in [0.2, 0.25) is 0 Å². The quantitative estimate of drug-likeness (QED) is 0.837. The van der Waals surface area contributed by atoms with Gasteiger partial charge in [-0.2, -0.15) is 0 Å². The number of carbonyl (C=O) groups excluding carboxylic acids is 1. The van der Waals surface area contributed by atoms with Crippen LogP contribution in [-0.4, -0.2) is 34.7 Å². The molecule has 4 nitrogen and oxygen atoms in total. The summed E-state index contributed by atoms with van der Waals surface area (Å²) < 4.78 is 0. The van der Waals surface area contributed by atoms with Crippen molar-refractivity contribution in [3.05, 3.63) is 35.9 Å². The summed E-state index contributed by atoms with van der Waals surface area (Å²) in [7, 11) is 0. The van der Waals surface area contributed by atoms with Crippen LogP contribution >= 0.6 is 0 Å². The second-order valence-corrected chi connectivity index (χ2v) is 5.13. The van der Waals surface area contributed by atoms with Gasteiger partial charge in [-0.1, -0.05) is 30.3 Å². The van der Waals surface area contributed by atoms with Crippen molar-refractivity contribution in [1.29, 1.82) is 0 Å². The Bertz CT molecular complexity index is 394. The minimum Gasteiger partial charge on any atom is -0.390 e. The molecule has 98 valence electrons. The molecule has 1 saturated heterocycles. The zero-order valence-electron chi connectivity index (χ0n) is 10.7. The molecule has 2 amide bonds. The number of nitrogens with one attached hydrogen (secondary N) is 1. The maximum atomic E-state index is 11.9. The fourth-order valence-corrected chi connectivity index (χ4v) is 2.08. The first kappa shape index (κ1) is 12.9. The Balaban J connectivity index is 1.79. The summed E-state index contributed by atoms with van der Waals surface area (Å²) in [5.41, 5.74) is 0.478. The standard InChI is InChI=1S/C14H20N2O2/c1-14(18)7-9-16(10-8-14)13(17)15-11-12-5-3-2-4-6-12/h2-6,18H,7-11H2,1H3,(H,15,17). The van der Waals surface area contributed by atoms with E-state index in [2.05, 4.69) is 5.32 Å². The average molecular weight is 248 g/mol. The highest BCUT2D eigenvalue weighted by Gasteiger charge is 2.29. The maximum Gasteiger partial charge on any atom is 0.317 e. The third-order valence-electron chi connectivity index (χ3n) is 3.41. The lowest BCUT2D eigenvalue weighted by molar-refractivity contribution is 0.00436. The Labute approximate surface area is 108 Å². The van der Waals surface area contributed by atoms with Gasteiger partial charge in [-0.15, -0.1) is 0 Å². The Morgan fingerprint density at radius 3 is 2.56 bits per heavy atom. The van der Waals surface area contributed by atoms with Crippen LogP contribution in [0, 0.1) is 0 Å². The van der Waals surface area contributed by atoms with Gasteiger partial charge in [0.25, 0.3) is 0 Å². The number of piperidine rings is 1. The summed E-state index contributed by atoms with van der Waals surface area (Å²) in [6.07, 6.45) is 1.29. The van der Waals surface area contributed by atoms with E-state index in [4.69, 9.17) is 0 Å². The number of benzene rings is 1. The summed E-state index contributed by atoms with van der Waals surface area (Å²) in [6.45, 7) is 3.61. The van der Waals surface area contributed by atoms with Crippen molar-refractivity contribution in [2.45, 2.75) is 31.9 Å². The molecule has 0 saturated carbocycles. The number of hydrogen-bond acceptors (Lipinski definition) is 2. The lowest BCUT2D eigenvalue weighted by Gasteiger charge is -2.35. The number of likely N-dealkylation sites (tertiary alicyclic amines) is 1. The van der Waals surface area contributed by atoms with E-state index in [0.717, 1.165) is 5.56 Å². The second kappa shape index (κ2) is 5.40. The van der Waals surface area contributed by atoms with Crippen molar-refractivity contribution >= 4 is 6.03 Å². The van der Waals surface area contributed by atoms with Crippen LogP contribution < -0.4 is 5.32 Å². The Hall–Kier alpha value is -1.55. The molecule has 1 aromatic carbocycles. The number of hydrogen-bond donors (Lipinski definition) is 2. The lowest BCUT2D eigenvalue weighted by atomic mass is 9.94. The normalized spacial score (nSPS) is 18.4. The van der Waals surface area contributed by atoms with Gasteiger partial charge in [0, 0.05) is 19.6 Å². The Kier molecular flexibility index (Phi) is 3.87. The van der Waals surface area contributed by atoms with Crippen LogP contribution in [0.2, 0.25) is 0 Å². The van der Waals surface area contributed by atoms with E-state index in [1.54, 1.807) is 4.90 Å². The molecule has 0 bridgehead atoms. The number of aliphatic hydroxyl groups is 1. The zero-order chi connectivity index (χ0) is 13.0. The van der Waals surface area contributed by atoms with Crippen molar-refractivity contribution in [3.63, 3.8) is 0 Å². The van der Waals surface area contributed by atoms with Crippen molar-refractivity contribution in [3.8, 4) is 0 Å². The van der Waals surface area contributed by atoms with E-state index in [-0.39, 0.29) is 6.03 Å². The summed E-state index contributed by atoms with van der Waals surface area (Å²) in [6, 6.07) is 9.80. The molecule has 2 rings (SSSR count). The van der Waals surface area contributed by atoms with E-state index in [9.17, 15) is 9.90 Å². The lowest BCUT2D eigenvalue weighted by Crippen LogP contribution is -2.48. The van der Waals surface area contributed by atoms with Crippen molar-refractivity contribution in [2.24, 2.45) is 0 Å². The van der Waals surface area contributed by atoms with Crippen LogP contribution in [0.1, 0.15) is 25.3 Å². The average Bonchev–Trinajstić information content (AvgIpc) is 2.37. The van der Waals surface area contributed by atoms with Crippen LogP contribution in [-0.2, 0) is 6.54 Å². The highest BCUT2D eigenvalue weighted by Crippen LogP contribution is 2.20. The predicted octanol–water partition coefficient (Wildman–Crippen LogP) is 1.74. The molecule has 1 fully saturated rings.